The van der Waals surface area contributed by atoms with E-state index in [2.05, 4.69) is 18.9 Å². The van der Waals surface area contributed by atoms with E-state index in [1.165, 1.54) is 13.0 Å². The summed E-state index contributed by atoms with van der Waals surface area (Å²) >= 11 is 0. The first kappa shape index (κ1) is 6.62. The first-order valence-electron chi connectivity index (χ1n) is 4.00. The number of likely N-dealkylation sites (tertiary alicyclic amines) is 1. The minimum absolute atomic E-state index is 0.564. The molecule has 0 saturated carbocycles. The van der Waals surface area contributed by atoms with Crippen LogP contribution in [-0.4, -0.2) is 37.7 Å². The molecule has 2 aliphatic heterocycles. The SMILES string of the molecule is CC1CC2(COC2)CN1C. The summed E-state index contributed by atoms with van der Waals surface area (Å²) < 4.78 is 5.23. The van der Waals surface area contributed by atoms with E-state index >= 15 is 0 Å². The molecule has 2 aliphatic rings. The Morgan fingerprint density at radius 1 is 1.50 bits per heavy atom. The molecule has 1 spiro atoms. The van der Waals surface area contributed by atoms with Crippen molar-refractivity contribution in [3.05, 3.63) is 0 Å². The summed E-state index contributed by atoms with van der Waals surface area (Å²) in [5.74, 6) is 0. The Balaban J connectivity index is 2.03. The van der Waals surface area contributed by atoms with Crippen LogP contribution in [0.15, 0.2) is 0 Å². The van der Waals surface area contributed by atoms with E-state index in [0.717, 1.165) is 19.3 Å². The van der Waals surface area contributed by atoms with Crippen LogP contribution >= 0.6 is 0 Å². The standard InChI is InChI=1S/C8H15NO/c1-7-3-8(4-9(7)2)5-10-6-8/h7H,3-6H2,1-2H3. The lowest BCUT2D eigenvalue weighted by molar-refractivity contribution is -0.104. The molecule has 2 nitrogen and oxygen atoms in total. The van der Waals surface area contributed by atoms with Gasteiger partial charge in [-0.1, -0.05) is 0 Å². The van der Waals surface area contributed by atoms with Crippen molar-refractivity contribution in [1.82, 2.24) is 4.90 Å². The third-order valence-corrected chi connectivity index (χ3v) is 2.88. The van der Waals surface area contributed by atoms with E-state index in [0.29, 0.717) is 5.41 Å². The van der Waals surface area contributed by atoms with Crippen molar-refractivity contribution in [2.24, 2.45) is 5.41 Å². The highest BCUT2D eigenvalue weighted by molar-refractivity contribution is 4.96. The van der Waals surface area contributed by atoms with Crippen molar-refractivity contribution in [2.75, 3.05) is 26.8 Å². The van der Waals surface area contributed by atoms with Crippen molar-refractivity contribution in [2.45, 2.75) is 19.4 Å². The monoisotopic (exact) mass is 141 g/mol. The fourth-order valence-corrected chi connectivity index (χ4v) is 2.13. The summed E-state index contributed by atoms with van der Waals surface area (Å²) in [5, 5.41) is 0. The van der Waals surface area contributed by atoms with Crippen molar-refractivity contribution in [3.8, 4) is 0 Å². The highest BCUT2D eigenvalue weighted by atomic mass is 16.5. The highest BCUT2D eigenvalue weighted by Gasteiger charge is 2.46. The molecular weight excluding hydrogens is 126 g/mol. The van der Waals surface area contributed by atoms with Crippen LogP contribution in [0, 0.1) is 5.41 Å². The quantitative estimate of drug-likeness (QED) is 0.493. The zero-order chi connectivity index (χ0) is 7.19. The molecule has 0 amide bonds. The summed E-state index contributed by atoms with van der Waals surface area (Å²) in [6, 6.07) is 0.767. The highest BCUT2D eigenvalue weighted by Crippen LogP contribution is 2.39. The average molecular weight is 141 g/mol. The predicted molar refractivity (Wildman–Crippen MR) is 40.0 cm³/mol. The molecule has 58 valence electrons. The molecule has 1 atom stereocenters. The maximum atomic E-state index is 5.23. The molecule has 0 N–H and O–H groups in total. The van der Waals surface area contributed by atoms with E-state index in [4.69, 9.17) is 4.74 Å². The van der Waals surface area contributed by atoms with Crippen LogP contribution in [0.2, 0.25) is 0 Å². The summed E-state index contributed by atoms with van der Waals surface area (Å²) in [7, 11) is 2.21. The second-order valence-corrected chi connectivity index (χ2v) is 3.96. The van der Waals surface area contributed by atoms with Crippen LogP contribution in [-0.2, 0) is 4.74 Å². The van der Waals surface area contributed by atoms with Gasteiger partial charge >= 0.3 is 0 Å². The molecule has 2 heterocycles. The lowest BCUT2D eigenvalue weighted by Gasteiger charge is -2.37. The van der Waals surface area contributed by atoms with Crippen molar-refractivity contribution >= 4 is 0 Å². The van der Waals surface area contributed by atoms with E-state index in [9.17, 15) is 0 Å². The van der Waals surface area contributed by atoms with Gasteiger partial charge in [0.25, 0.3) is 0 Å². The number of ether oxygens (including phenoxy) is 1. The fourth-order valence-electron chi connectivity index (χ4n) is 2.13. The van der Waals surface area contributed by atoms with Gasteiger partial charge in [0.2, 0.25) is 0 Å². The third kappa shape index (κ3) is 0.789. The Bertz CT molecular complexity index is 130. The van der Waals surface area contributed by atoms with Gasteiger partial charge in [-0.25, -0.2) is 0 Å². The minimum atomic E-state index is 0.564. The normalized spacial score (nSPS) is 38.4. The summed E-state index contributed by atoms with van der Waals surface area (Å²) in [6.45, 7) is 5.55. The van der Waals surface area contributed by atoms with Crippen LogP contribution in [0.3, 0.4) is 0 Å². The largest absolute Gasteiger partial charge is 0.380 e. The third-order valence-electron chi connectivity index (χ3n) is 2.88. The second-order valence-electron chi connectivity index (χ2n) is 3.96. The lowest BCUT2D eigenvalue weighted by Crippen LogP contribution is -2.44. The number of hydrogen-bond acceptors (Lipinski definition) is 2. The predicted octanol–water partition coefficient (Wildman–Crippen LogP) is 0.727. The zero-order valence-electron chi connectivity index (χ0n) is 6.76. The Hall–Kier alpha value is -0.0800. The number of hydrogen-bond donors (Lipinski definition) is 0. The molecule has 0 bridgehead atoms. The van der Waals surface area contributed by atoms with E-state index in [1.54, 1.807) is 0 Å². The zero-order valence-corrected chi connectivity index (χ0v) is 6.76. The molecule has 10 heavy (non-hydrogen) atoms. The molecule has 2 rings (SSSR count). The van der Waals surface area contributed by atoms with Gasteiger partial charge in [0, 0.05) is 18.0 Å². The molecule has 2 fully saturated rings. The van der Waals surface area contributed by atoms with Gasteiger partial charge in [-0.3, -0.25) is 0 Å². The molecule has 0 aromatic heterocycles. The Labute approximate surface area is 62.2 Å². The summed E-state index contributed by atoms with van der Waals surface area (Å²) in [4.78, 5) is 2.43. The Morgan fingerprint density at radius 2 is 2.20 bits per heavy atom. The lowest BCUT2D eigenvalue weighted by atomic mass is 9.84. The van der Waals surface area contributed by atoms with E-state index in [-0.39, 0.29) is 0 Å². The van der Waals surface area contributed by atoms with Gasteiger partial charge < -0.3 is 9.64 Å². The molecule has 2 saturated heterocycles. The number of nitrogens with zero attached hydrogens (tertiary/aromatic N) is 1. The molecule has 2 heteroatoms. The van der Waals surface area contributed by atoms with Crippen LogP contribution in [0.25, 0.3) is 0 Å². The molecule has 0 aromatic rings. The van der Waals surface area contributed by atoms with E-state index in [1.807, 2.05) is 0 Å². The van der Waals surface area contributed by atoms with Crippen LogP contribution in [0.1, 0.15) is 13.3 Å². The van der Waals surface area contributed by atoms with Crippen molar-refractivity contribution < 1.29 is 4.74 Å². The summed E-state index contributed by atoms with van der Waals surface area (Å²) in [6.07, 6.45) is 1.34. The molecule has 0 radical (unpaired) electrons. The fraction of sp³-hybridized carbons (Fsp3) is 1.00. The molecule has 0 aromatic carbocycles. The van der Waals surface area contributed by atoms with Gasteiger partial charge in [0.1, 0.15) is 0 Å². The average Bonchev–Trinajstić information content (AvgIpc) is 2.08. The number of rotatable bonds is 0. The van der Waals surface area contributed by atoms with Gasteiger partial charge in [0.05, 0.1) is 13.2 Å². The summed E-state index contributed by atoms with van der Waals surface area (Å²) in [5.41, 5.74) is 0.564. The Kier molecular flexibility index (Phi) is 1.29. The minimum Gasteiger partial charge on any atom is -0.380 e. The Morgan fingerprint density at radius 3 is 2.40 bits per heavy atom. The second kappa shape index (κ2) is 1.95. The van der Waals surface area contributed by atoms with E-state index < -0.39 is 0 Å². The topological polar surface area (TPSA) is 12.5 Å². The van der Waals surface area contributed by atoms with Crippen LogP contribution in [0.4, 0.5) is 0 Å². The van der Waals surface area contributed by atoms with Gasteiger partial charge in [0.15, 0.2) is 0 Å². The van der Waals surface area contributed by atoms with Crippen molar-refractivity contribution in [1.29, 1.82) is 0 Å². The first-order valence-corrected chi connectivity index (χ1v) is 4.00. The van der Waals surface area contributed by atoms with Gasteiger partial charge in [-0.05, 0) is 20.4 Å². The van der Waals surface area contributed by atoms with Gasteiger partial charge in [-0.2, -0.15) is 0 Å². The van der Waals surface area contributed by atoms with Crippen LogP contribution < -0.4 is 0 Å². The maximum Gasteiger partial charge on any atom is 0.0557 e. The van der Waals surface area contributed by atoms with Crippen molar-refractivity contribution in [3.63, 3.8) is 0 Å². The molecule has 1 unspecified atom stereocenters. The molecular formula is C8H15NO. The van der Waals surface area contributed by atoms with Crippen LogP contribution in [0.5, 0.6) is 0 Å². The molecule has 0 aliphatic carbocycles. The first-order chi connectivity index (χ1) is 4.72. The maximum absolute atomic E-state index is 5.23. The van der Waals surface area contributed by atoms with Gasteiger partial charge in [-0.15, -0.1) is 0 Å². The smallest absolute Gasteiger partial charge is 0.0557 e.